The molecule has 1 saturated heterocycles. The van der Waals surface area contributed by atoms with Gasteiger partial charge in [0.25, 0.3) is 11.8 Å². The number of thiophene rings is 1. The summed E-state index contributed by atoms with van der Waals surface area (Å²) in [4.78, 5) is 40.9. The molecule has 160 valence electrons. The summed E-state index contributed by atoms with van der Waals surface area (Å²) in [5.41, 5.74) is -1.15. The Balaban J connectivity index is 1.42. The number of hydrogen-bond donors (Lipinski definition) is 2. The largest absolute Gasteiger partial charge is 0.503 e. The van der Waals surface area contributed by atoms with Crippen LogP contribution < -0.4 is 10.7 Å². The van der Waals surface area contributed by atoms with Gasteiger partial charge in [-0.25, -0.2) is 0 Å². The number of carbonyl (C=O) groups is 2. The van der Waals surface area contributed by atoms with Crippen LogP contribution in [0, 0.1) is 0 Å². The molecule has 1 fully saturated rings. The van der Waals surface area contributed by atoms with Gasteiger partial charge >= 0.3 is 0 Å². The van der Waals surface area contributed by atoms with Crippen molar-refractivity contribution in [2.24, 2.45) is 0 Å². The van der Waals surface area contributed by atoms with Crippen LogP contribution in [-0.2, 0) is 17.8 Å². The van der Waals surface area contributed by atoms with Crippen LogP contribution in [0.3, 0.4) is 0 Å². The van der Waals surface area contributed by atoms with Crippen molar-refractivity contribution in [3.05, 3.63) is 62.9 Å². The van der Waals surface area contributed by atoms with Gasteiger partial charge in [-0.2, -0.15) is 0 Å². The minimum Gasteiger partial charge on any atom is -0.503 e. The second-order valence-corrected chi connectivity index (χ2v) is 9.00. The summed E-state index contributed by atoms with van der Waals surface area (Å²) in [5, 5.41) is 14.3. The van der Waals surface area contributed by atoms with E-state index in [4.69, 9.17) is 4.74 Å². The highest BCUT2D eigenvalue weighted by Gasteiger charge is 2.41. The van der Waals surface area contributed by atoms with Crippen molar-refractivity contribution in [2.75, 3.05) is 6.61 Å². The molecule has 8 nitrogen and oxygen atoms in total. The Hall–Kier alpha value is -3.17. The number of hydrogen-bond acceptors (Lipinski definition) is 6. The lowest BCUT2D eigenvalue weighted by Crippen LogP contribution is -2.57. The minimum absolute atomic E-state index is 0.0567. The molecule has 2 aromatic heterocycles. The highest BCUT2D eigenvalue weighted by Crippen LogP contribution is 2.29. The molecule has 3 aromatic rings. The van der Waals surface area contributed by atoms with Crippen molar-refractivity contribution in [2.45, 2.75) is 38.7 Å². The number of benzene rings is 1. The van der Waals surface area contributed by atoms with E-state index >= 15 is 0 Å². The first-order valence-electron chi connectivity index (χ1n) is 10.1. The summed E-state index contributed by atoms with van der Waals surface area (Å²) >= 11 is 1.56. The van der Waals surface area contributed by atoms with Crippen LogP contribution in [0.1, 0.15) is 39.1 Å². The lowest BCUT2D eigenvalue weighted by molar-refractivity contribution is -0.112. The van der Waals surface area contributed by atoms with E-state index in [9.17, 15) is 19.5 Å². The van der Waals surface area contributed by atoms with Crippen LogP contribution in [0.15, 0.2) is 41.3 Å². The van der Waals surface area contributed by atoms with Gasteiger partial charge in [-0.1, -0.05) is 18.2 Å². The number of ether oxygens (including phenoxy) is 1. The van der Waals surface area contributed by atoms with Gasteiger partial charge in [0.1, 0.15) is 5.56 Å². The fourth-order valence-electron chi connectivity index (χ4n) is 4.21. The van der Waals surface area contributed by atoms with Gasteiger partial charge in [0.15, 0.2) is 17.7 Å². The van der Waals surface area contributed by atoms with Gasteiger partial charge in [-0.05, 0) is 30.9 Å². The minimum atomic E-state index is -0.850. The van der Waals surface area contributed by atoms with Crippen molar-refractivity contribution in [1.82, 2.24) is 14.8 Å². The number of nitrogens with zero attached hydrogens (tertiary/aromatic N) is 2. The summed E-state index contributed by atoms with van der Waals surface area (Å²) in [6, 6.07) is 9.85. The van der Waals surface area contributed by atoms with E-state index in [0.717, 1.165) is 15.0 Å². The number of rotatable bonds is 3. The molecular weight excluding hydrogens is 418 g/mol. The molecule has 1 unspecified atom stereocenters. The SMILES string of the molecule is C[C@@H]1CCOC2Cn3cc(C(=O)NCc4cc5ccccc5s4)c(=O)c(O)c3C(=O)N21. The maximum Gasteiger partial charge on any atom is 0.276 e. The molecule has 0 saturated carbocycles. The molecule has 0 radical (unpaired) electrons. The van der Waals surface area contributed by atoms with Crippen LogP contribution in [-0.4, -0.2) is 45.3 Å². The van der Waals surface area contributed by atoms with E-state index in [2.05, 4.69) is 5.32 Å². The van der Waals surface area contributed by atoms with Crippen molar-refractivity contribution < 1.29 is 19.4 Å². The predicted molar refractivity (Wildman–Crippen MR) is 115 cm³/mol. The third-order valence-corrected chi connectivity index (χ3v) is 6.94. The van der Waals surface area contributed by atoms with Gasteiger partial charge in [0.2, 0.25) is 5.43 Å². The first kappa shape index (κ1) is 19.8. The Labute approximate surface area is 181 Å². The van der Waals surface area contributed by atoms with Crippen LogP contribution in [0.2, 0.25) is 0 Å². The number of pyridine rings is 1. The van der Waals surface area contributed by atoms with E-state index in [1.54, 1.807) is 16.2 Å². The molecule has 4 heterocycles. The number of nitrogens with one attached hydrogen (secondary N) is 1. The molecule has 1 aromatic carbocycles. The van der Waals surface area contributed by atoms with Crippen molar-refractivity contribution in [3.63, 3.8) is 0 Å². The molecule has 0 aliphatic carbocycles. The van der Waals surface area contributed by atoms with Crippen LogP contribution in [0.5, 0.6) is 5.75 Å². The molecule has 2 atom stereocenters. The third kappa shape index (κ3) is 3.30. The Kier molecular flexibility index (Phi) is 4.79. The summed E-state index contributed by atoms with van der Waals surface area (Å²) < 4.78 is 8.27. The number of aromatic nitrogens is 1. The van der Waals surface area contributed by atoms with Gasteiger partial charge in [-0.15, -0.1) is 11.3 Å². The van der Waals surface area contributed by atoms with E-state index in [1.165, 1.54) is 10.8 Å². The second-order valence-electron chi connectivity index (χ2n) is 7.83. The monoisotopic (exact) mass is 439 g/mol. The van der Waals surface area contributed by atoms with E-state index in [1.807, 2.05) is 37.3 Å². The number of amides is 2. The summed E-state index contributed by atoms with van der Waals surface area (Å²) in [5.74, 6) is -1.76. The van der Waals surface area contributed by atoms with Crippen molar-refractivity contribution in [3.8, 4) is 5.75 Å². The summed E-state index contributed by atoms with van der Waals surface area (Å²) in [7, 11) is 0. The first-order valence-corrected chi connectivity index (χ1v) is 10.9. The Morgan fingerprint density at radius 2 is 2.13 bits per heavy atom. The number of carbonyl (C=O) groups excluding carboxylic acids is 2. The Morgan fingerprint density at radius 1 is 1.32 bits per heavy atom. The maximum absolute atomic E-state index is 12.9. The Bertz CT molecular complexity index is 1230. The molecule has 2 N–H and O–H groups in total. The number of aromatic hydroxyl groups is 1. The average molecular weight is 439 g/mol. The summed E-state index contributed by atoms with van der Waals surface area (Å²) in [6.07, 6.45) is 1.54. The van der Waals surface area contributed by atoms with Gasteiger partial charge < -0.3 is 24.6 Å². The lowest BCUT2D eigenvalue weighted by atomic mass is 10.1. The van der Waals surface area contributed by atoms with Crippen molar-refractivity contribution >= 4 is 33.2 Å². The summed E-state index contributed by atoms with van der Waals surface area (Å²) in [6.45, 7) is 2.94. The Morgan fingerprint density at radius 3 is 2.94 bits per heavy atom. The first-order chi connectivity index (χ1) is 14.9. The van der Waals surface area contributed by atoms with Crippen molar-refractivity contribution in [1.29, 1.82) is 0 Å². The third-order valence-electron chi connectivity index (χ3n) is 5.82. The van der Waals surface area contributed by atoms with E-state index in [-0.39, 0.29) is 30.4 Å². The van der Waals surface area contributed by atoms with Crippen LogP contribution >= 0.6 is 11.3 Å². The molecule has 9 heteroatoms. The molecular formula is C22H21N3O5S. The normalized spacial score (nSPS) is 20.4. The molecule has 31 heavy (non-hydrogen) atoms. The van der Waals surface area contributed by atoms with Gasteiger partial charge in [0.05, 0.1) is 19.7 Å². The maximum atomic E-state index is 12.9. The van der Waals surface area contributed by atoms with E-state index < -0.39 is 29.2 Å². The molecule has 0 bridgehead atoms. The molecule has 2 aliphatic rings. The zero-order valence-electron chi connectivity index (χ0n) is 16.8. The smallest absolute Gasteiger partial charge is 0.276 e. The average Bonchev–Trinajstić information content (AvgIpc) is 3.17. The standard InChI is InChI=1S/C22H21N3O5S/c1-12-6-7-30-17-11-24-10-15(19(26)20(27)18(24)22(29)25(12)17)21(28)23-9-14-8-13-4-2-3-5-16(13)31-14/h2-5,8,10,12,17,27H,6-7,9,11H2,1H3,(H,23,28)/t12-,17?/m1/s1. The lowest BCUT2D eigenvalue weighted by Gasteiger charge is -2.44. The fourth-order valence-corrected chi connectivity index (χ4v) is 5.21. The predicted octanol–water partition coefficient (Wildman–Crippen LogP) is 2.29. The second kappa shape index (κ2) is 7.51. The van der Waals surface area contributed by atoms with Crippen LogP contribution in [0.25, 0.3) is 10.1 Å². The number of fused-ring (bicyclic) bond motifs is 3. The topological polar surface area (TPSA) is 101 Å². The molecule has 5 rings (SSSR count). The quantitative estimate of drug-likeness (QED) is 0.652. The van der Waals surface area contributed by atoms with Gasteiger partial charge in [0, 0.05) is 21.8 Å². The van der Waals surface area contributed by atoms with E-state index in [0.29, 0.717) is 13.0 Å². The fraction of sp³-hybridized carbons (Fsp3) is 0.318. The zero-order chi connectivity index (χ0) is 21.7. The molecule has 2 aliphatic heterocycles. The zero-order valence-corrected chi connectivity index (χ0v) is 17.6. The highest BCUT2D eigenvalue weighted by atomic mass is 32.1. The highest BCUT2D eigenvalue weighted by molar-refractivity contribution is 7.19. The van der Waals surface area contributed by atoms with Crippen LogP contribution in [0.4, 0.5) is 0 Å². The molecule has 2 amide bonds. The van der Waals surface area contributed by atoms with Gasteiger partial charge in [-0.3, -0.25) is 14.4 Å². The molecule has 0 spiro atoms.